The normalized spacial score (nSPS) is 22.9. The Labute approximate surface area is 108 Å². The van der Waals surface area contributed by atoms with Crippen LogP contribution < -0.4 is 0 Å². The lowest BCUT2D eigenvalue weighted by Gasteiger charge is -2.53. The largest absolute Gasteiger partial charge is 0.458 e. The molecule has 3 rings (SSSR count). The van der Waals surface area contributed by atoms with Crippen LogP contribution in [0.15, 0.2) is 30.3 Å². The lowest BCUT2D eigenvalue weighted by molar-refractivity contribution is -0.166. The van der Waals surface area contributed by atoms with Crippen molar-refractivity contribution in [2.45, 2.75) is 45.1 Å². The van der Waals surface area contributed by atoms with Crippen molar-refractivity contribution < 1.29 is 9.53 Å². The third-order valence-electron chi connectivity index (χ3n) is 4.67. The summed E-state index contributed by atoms with van der Waals surface area (Å²) in [5.74, 6) is 0.167. The van der Waals surface area contributed by atoms with Gasteiger partial charge in [-0.25, -0.2) is 0 Å². The van der Waals surface area contributed by atoms with Crippen molar-refractivity contribution >= 4 is 5.97 Å². The standard InChI is InChI=1S/C16H20O2/c1-12(13-6-3-2-4-7-13)18-15(17)14-10-16(11-14)8-5-9-16/h2-4,6-7,12,14H,5,8-11H2,1H3/t12-/m0/s1. The van der Waals surface area contributed by atoms with Gasteiger partial charge in [-0.15, -0.1) is 0 Å². The molecule has 18 heavy (non-hydrogen) atoms. The molecule has 0 N–H and O–H groups in total. The molecule has 0 saturated heterocycles. The average Bonchev–Trinajstić information content (AvgIpc) is 2.26. The van der Waals surface area contributed by atoms with E-state index in [1.54, 1.807) is 0 Å². The van der Waals surface area contributed by atoms with Crippen molar-refractivity contribution in [2.75, 3.05) is 0 Å². The van der Waals surface area contributed by atoms with Gasteiger partial charge in [0.25, 0.3) is 0 Å². The maximum Gasteiger partial charge on any atom is 0.309 e. The Morgan fingerprint density at radius 3 is 2.50 bits per heavy atom. The molecular weight excluding hydrogens is 224 g/mol. The number of carbonyl (C=O) groups excluding carboxylic acids is 1. The fourth-order valence-electron chi connectivity index (χ4n) is 3.30. The van der Waals surface area contributed by atoms with Crippen LogP contribution in [0.5, 0.6) is 0 Å². The van der Waals surface area contributed by atoms with Crippen LogP contribution in [-0.2, 0) is 9.53 Å². The number of esters is 1. The fourth-order valence-corrected chi connectivity index (χ4v) is 3.30. The molecule has 0 radical (unpaired) electrons. The first-order chi connectivity index (χ1) is 8.69. The molecule has 2 aliphatic carbocycles. The minimum absolute atomic E-state index is 0.00359. The number of carbonyl (C=O) groups is 1. The summed E-state index contributed by atoms with van der Waals surface area (Å²) in [6.45, 7) is 1.95. The Bertz CT molecular complexity index is 426. The highest BCUT2D eigenvalue weighted by atomic mass is 16.5. The molecule has 1 aromatic rings. The van der Waals surface area contributed by atoms with E-state index in [4.69, 9.17) is 4.74 Å². The van der Waals surface area contributed by atoms with Gasteiger partial charge in [0.15, 0.2) is 0 Å². The molecule has 0 aliphatic heterocycles. The average molecular weight is 244 g/mol. The topological polar surface area (TPSA) is 26.3 Å². The van der Waals surface area contributed by atoms with Gasteiger partial charge >= 0.3 is 5.97 Å². The van der Waals surface area contributed by atoms with Crippen LogP contribution in [0.2, 0.25) is 0 Å². The van der Waals surface area contributed by atoms with Gasteiger partial charge < -0.3 is 4.74 Å². The smallest absolute Gasteiger partial charge is 0.309 e. The monoisotopic (exact) mass is 244 g/mol. The molecule has 2 heteroatoms. The van der Waals surface area contributed by atoms with Crippen LogP contribution in [0.4, 0.5) is 0 Å². The molecule has 0 heterocycles. The summed E-state index contributed by atoms with van der Waals surface area (Å²) in [6.07, 6.45) is 6.00. The highest BCUT2D eigenvalue weighted by molar-refractivity contribution is 5.74. The SMILES string of the molecule is C[C@H](OC(=O)C1CC2(CCC2)C1)c1ccccc1. The number of benzene rings is 1. The van der Waals surface area contributed by atoms with Crippen LogP contribution in [0.1, 0.15) is 50.7 Å². The zero-order valence-corrected chi connectivity index (χ0v) is 10.9. The molecule has 2 saturated carbocycles. The van der Waals surface area contributed by atoms with Crippen molar-refractivity contribution in [2.24, 2.45) is 11.3 Å². The summed E-state index contributed by atoms with van der Waals surface area (Å²) in [7, 11) is 0. The van der Waals surface area contributed by atoms with Gasteiger partial charge in [0, 0.05) is 0 Å². The molecule has 2 nitrogen and oxygen atoms in total. The Morgan fingerprint density at radius 1 is 1.28 bits per heavy atom. The summed E-state index contributed by atoms with van der Waals surface area (Å²) in [5.41, 5.74) is 1.61. The lowest BCUT2D eigenvalue weighted by Crippen LogP contribution is -2.46. The molecule has 2 fully saturated rings. The van der Waals surface area contributed by atoms with E-state index in [1.807, 2.05) is 37.3 Å². The first-order valence-electron chi connectivity index (χ1n) is 6.94. The molecule has 96 valence electrons. The molecule has 0 bridgehead atoms. The van der Waals surface area contributed by atoms with E-state index in [0.29, 0.717) is 5.41 Å². The summed E-state index contributed by atoms with van der Waals surface area (Å²) < 4.78 is 5.56. The van der Waals surface area contributed by atoms with Gasteiger partial charge in [0.1, 0.15) is 6.10 Å². The summed E-state index contributed by atoms with van der Waals surface area (Å²) in [4.78, 5) is 12.0. The van der Waals surface area contributed by atoms with E-state index in [9.17, 15) is 4.79 Å². The summed E-state index contributed by atoms with van der Waals surface area (Å²) in [6, 6.07) is 9.95. The molecule has 1 spiro atoms. The first kappa shape index (κ1) is 11.8. The Hall–Kier alpha value is -1.31. The minimum atomic E-state index is -0.128. The van der Waals surface area contributed by atoms with Crippen molar-refractivity contribution in [1.29, 1.82) is 0 Å². The van der Waals surface area contributed by atoms with Crippen LogP contribution in [-0.4, -0.2) is 5.97 Å². The van der Waals surface area contributed by atoms with Crippen LogP contribution in [0.25, 0.3) is 0 Å². The minimum Gasteiger partial charge on any atom is -0.458 e. The van der Waals surface area contributed by atoms with Crippen LogP contribution in [0.3, 0.4) is 0 Å². The van der Waals surface area contributed by atoms with Gasteiger partial charge in [-0.3, -0.25) is 4.79 Å². The second kappa shape index (κ2) is 4.42. The van der Waals surface area contributed by atoms with Crippen molar-refractivity contribution in [3.05, 3.63) is 35.9 Å². The molecule has 0 amide bonds. The van der Waals surface area contributed by atoms with E-state index >= 15 is 0 Å². The Balaban J connectivity index is 1.52. The van der Waals surface area contributed by atoms with Crippen molar-refractivity contribution in [1.82, 2.24) is 0 Å². The molecular formula is C16H20O2. The second-order valence-corrected chi connectivity index (χ2v) is 5.95. The van der Waals surface area contributed by atoms with Gasteiger partial charge in [0.05, 0.1) is 5.92 Å². The van der Waals surface area contributed by atoms with E-state index in [-0.39, 0.29) is 18.0 Å². The number of ether oxygens (including phenoxy) is 1. The third kappa shape index (κ3) is 2.05. The van der Waals surface area contributed by atoms with Crippen molar-refractivity contribution in [3.8, 4) is 0 Å². The fraction of sp³-hybridized carbons (Fsp3) is 0.562. The Kier molecular flexibility index (Phi) is 2.89. The van der Waals surface area contributed by atoms with Crippen LogP contribution >= 0.6 is 0 Å². The lowest BCUT2D eigenvalue weighted by atomic mass is 9.52. The highest BCUT2D eigenvalue weighted by Crippen LogP contribution is 2.59. The maximum absolute atomic E-state index is 12.0. The molecule has 2 aliphatic rings. The number of hydrogen-bond acceptors (Lipinski definition) is 2. The van der Waals surface area contributed by atoms with E-state index in [0.717, 1.165) is 18.4 Å². The Morgan fingerprint density at radius 2 is 1.94 bits per heavy atom. The van der Waals surface area contributed by atoms with Gasteiger partial charge in [0.2, 0.25) is 0 Å². The van der Waals surface area contributed by atoms with Gasteiger partial charge in [-0.05, 0) is 43.6 Å². The zero-order valence-electron chi connectivity index (χ0n) is 10.9. The molecule has 1 aromatic carbocycles. The first-order valence-corrected chi connectivity index (χ1v) is 6.94. The quantitative estimate of drug-likeness (QED) is 0.754. The number of hydrogen-bond donors (Lipinski definition) is 0. The van der Waals surface area contributed by atoms with Crippen molar-refractivity contribution in [3.63, 3.8) is 0 Å². The van der Waals surface area contributed by atoms with E-state index in [2.05, 4.69) is 0 Å². The maximum atomic E-state index is 12.0. The molecule has 0 unspecified atom stereocenters. The summed E-state index contributed by atoms with van der Waals surface area (Å²) >= 11 is 0. The summed E-state index contributed by atoms with van der Waals surface area (Å²) in [5, 5.41) is 0. The molecule has 1 atom stereocenters. The van der Waals surface area contributed by atoms with Gasteiger partial charge in [-0.2, -0.15) is 0 Å². The molecule has 0 aromatic heterocycles. The third-order valence-corrected chi connectivity index (χ3v) is 4.67. The highest BCUT2D eigenvalue weighted by Gasteiger charge is 2.51. The van der Waals surface area contributed by atoms with Crippen LogP contribution in [0, 0.1) is 11.3 Å². The van der Waals surface area contributed by atoms with E-state index in [1.165, 1.54) is 19.3 Å². The van der Waals surface area contributed by atoms with E-state index < -0.39 is 0 Å². The predicted molar refractivity (Wildman–Crippen MR) is 70.0 cm³/mol. The zero-order chi connectivity index (χ0) is 12.6. The predicted octanol–water partition coefficient (Wildman–Crippen LogP) is 3.87. The van der Waals surface area contributed by atoms with Gasteiger partial charge in [-0.1, -0.05) is 36.8 Å². The number of rotatable bonds is 3. The second-order valence-electron chi connectivity index (χ2n) is 5.95.